The minimum Gasteiger partial charge on any atom is -0.309 e. The molecule has 0 amide bonds. The maximum absolute atomic E-state index is 2.43. The van der Waals surface area contributed by atoms with Gasteiger partial charge in [-0.05, 0) is 70.6 Å². The van der Waals surface area contributed by atoms with Gasteiger partial charge in [0.15, 0.2) is 0 Å². The fourth-order valence-corrected chi connectivity index (χ4v) is 5.59. The van der Waals surface area contributed by atoms with Gasteiger partial charge in [0.25, 0.3) is 0 Å². The van der Waals surface area contributed by atoms with Gasteiger partial charge in [-0.2, -0.15) is 0 Å². The number of rotatable bonds is 4. The van der Waals surface area contributed by atoms with Gasteiger partial charge >= 0.3 is 0 Å². The Labute approximate surface area is 223 Å². The lowest BCUT2D eigenvalue weighted by atomic mass is 9.98. The minimum atomic E-state index is 1.16. The first-order chi connectivity index (χ1) is 18.7. The number of fused-ring (bicyclic) bond motifs is 3. The molecule has 7 rings (SSSR count). The van der Waals surface area contributed by atoms with Gasteiger partial charge in [-0.1, -0.05) is 121 Å². The Bertz CT molecular complexity index is 1850. The first kappa shape index (κ1) is 22.3. The van der Waals surface area contributed by atoms with E-state index in [2.05, 4.69) is 157 Å². The van der Waals surface area contributed by atoms with Crippen LogP contribution in [0.25, 0.3) is 60.9 Å². The lowest BCUT2D eigenvalue weighted by Gasteiger charge is -2.14. The molecule has 0 N–H and O–H groups in total. The summed E-state index contributed by atoms with van der Waals surface area (Å²) < 4.78 is 2.43. The molecule has 0 fully saturated rings. The van der Waals surface area contributed by atoms with E-state index in [1.807, 2.05) is 0 Å². The summed E-state index contributed by atoms with van der Waals surface area (Å²) in [5.74, 6) is 0. The van der Waals surface area contributed by atoms with Crippen molar-refractivity contribution < 1.29 is 0 Å². The van der Waals surface area contributed by atoms with E-state index in [-0.39, 0.29) is 0 Å². The van der Waals surface area contributed by atoms with E-state index in [0.29, 0.717) is 0 Å². The Morgan fingerprint density at radius 2 is 0.947 bits per heavy atom. The molecule has 0 saturated heterocycles. The highest BCUT2D eigenvalue weighted by molar-refractivity contribution is 6.10. The van der Waals surface area contributed by atoms with E-state index in [9.17, 15) is 0 Å². The molecular weight excluding hydrogens is 458 g/mol. The lowest BCUT2D eigenvalue weighted by Crippen LogP contribution is -1.96. The third kappa shape index (κ3) is 3.90. The van der Waals surface area contributed by atoms with Crippen LogP contribution in [0.15, 0.2) is 146 Å². The fraction of sp³-hybridized carbons (Fsp3) is 0.0270. The largest absolute Gasteiger partial charge is 0.309 e. The van der Waals surface area contributed by atoms with Crippen LogP contribution in [0.5, 0.6) is 0 Å². The van der Waals surface area contributed by atoms with Gasteiger partial charge in [0.2, 0.25) is 0 Å². The number of para-hydroxylation sites is 1. The van der Waals surface area contributed by atoms with E-state index in [1.54, 1.807) is 0 Å². The first-order valence-electron chi connectivity index (χ1n) is 13.1. The molecule has 0 atom stereocenters. The van der Waals surface area contributed by atoms with E-state index < -0.39 is 0 Å². The van der Waals surface area contributed by atoms with E-state index in [0.717, 1.165) is 5.69 Å². The number of aromatic nitrogens is 1. The Morgan fingerprint density at radius 3 is 1.63 bits per heavy atom. The zero-order valence-corrected chi connectivity index (χ0v) is 21.3. The highest BCUT2D eigenvalue weighted by atomic mass is 15.0. The van der Waals surface area contributed by atoms with Crippen LogP contribution in [0.2, 0.25) is 0 Å². The molecule has 0 spiro atoms. The van der Waals surface area contributed by atoms with Crippen LogP contribution in [-0.2, 0) is 0 Å². The maximum atomic E-state index is 2.43. The quantitative estimate of drug-likeness (QED) is 0.234. The highest BCUT2D eigenvalue weighted by Gasteiger charge is 2.15. The third-order valence-electron chi connectivity index (χ3n) is 7.42. The van der Waals surface area contributed by atoms with Crippen LogP contribution in [-0.4, -0.2) is 4.57 Å². The van der Waals surface area contributed by atoms with Crippen LogP contribution in [0.3, 0.4) is 0 Å². The van der Waals surface area contributed by atoms with Gasteiger partial charge in [0.1, 0.15) is 0 Å². The van der Waals surface area contributed by atoms with Crippen molar-refractivity contribution in [1.82, 2.24) is 4.57 Å². The van der Waals surface area contributed by atoms with E-state index in [1.165, 1.54) is 60.8 Å². The molecule has 1 heteroatoms. The van der Waals surface area contributed by atoms with Gasteiger partial charge < -0.3 is 4.57 Å². The second-order valence-corrected chi connectivity index (χ2v) is 9.95. The topological polar surface area (TPSA) is 4.93 Å². The monoisotopic (exact) mass is 485 g/mol. The molecule has 1 aromatic heterocycles. The van der Waals surface area contributed by atoms with Crippen molar-refractivity contribution in [3.05, 3.63) is 151 Å². The Kier molecular flexibility index (Phi) is 5.41. The Hall–Kier alpha value is -4.88. The third-order valence-corrected chi connectivity index (χ3v) is 7.42. The van der Waals surface area contributed by atoms with Gasteiger partial charge in [0.05, 0.1) is 11.0 Å². The molecule has 0 radical (unpaired) electrons. The lowest BCUT2D eigenvalue weighted by molar-refractivity contribution is 1.18. The fourth-order valence-electron chi connectivity index (χ4n) is 5.59. The molecular formula is C37H27N. The molecule has 38 heavy (non-hydrogen) atoms. The summed E-state index contributed by atoms with van der Waals surface area (Å²) in [4.78, 5) is 0. The highest BCUT2D eigenvalue weighted by Crippen LogP contribution is 2.37. The summed E-state index contributed by atoms with van der Waals surface area (Å²) in [5, 5.41) is 2.54. The van der Waals surface area contributed by atoms with Crippen molar-refractivity contribution >= 4 is 21.8 Å². The number of hydrogen-bond acceptors (Lipinski definition) is 0. The molecule has 0 aliphatic carbocycles. The van der Waals surface area contributed by atoms with E-state index >= 15 is 0 Å². The van der Waals surface area contributed by atoms with Gasteiger partial charge in [-0.3, -0.25) is 0 Å². The van der Waals surface area contributed by atoms with Crippen LogP contribution in [0, 0.1) is 6.92 Å². The molecule has 1 nitrogen and oxygen atoms in total. The number of aryl methyl sites for hydroxylation is 1. The molecule has 6 aromatic carbocycles. The summed E-state index contributed by atoms with van der Waals surface area (Å²) >= 11 is 0. The predicted molar refractivity (Wildman–Crippen MR) is 162 cm³/mol. The summed E-state index contributed by atoms with van der Waals surface area (Å²) in [6, 6.07) is 52.7. The molecule has 0 aliphatic rings. The van der Waals surface area contributed by atoms with Crippen LogP contribution in [0.4, 0.5) is 0 Å². The van der Waals surface area contributed by atoms with Crippen molar-refractivity contribution in [2.24, 2.45) is 0 Å². The van der Waals surface area contributed by atoms with Gasteiger partial charge in [-0.15, -0.1) is 0 Å². The minimum absolute atomic E-state index is 1.16. The maximum Gasteiger partial charge on any atom is 0.0547 e. The van der Waals surface area contributed by atoms with Crippen molar-refractivity contribution in [3.63, 3.8) is 0 Å². The SMILES string of the molecule is Cc1cccc(-c2ccc3c4ccccc4n(-c4cc(-c5ccccc5)cc(-c5ccccc5)c4)c3c2)c1. The van der Waals surface area contributed by atoms with Crippen molar-refractivity contribution in [2.45, 2.75) is 6.92 Å². The molecule has 0 aliphatic heterocycles. The normalized spacial score (nSPS) is 11.3. The molecule has 0 bridgehead atoms. The van der Waals surface area contributed by atoms with Gasteiger partial charge in [-0.25, -0.2) is 0 Å². The number of benzene rings is 6. The molecule has 7 aromatic rings. The van der Waals surface area contributed by atoms with Crippen molar-refractivity contribution in [3.8, 4) is 39.1 Å². The zero-order chi connectivity index (χ0) is 25.5. The average molecular weight is 486 g/mol. The molecule has 0 saturated carbocycles. The predicted octanol–water partition coefficient (Wildman–Crippen LogP) is 10.1. The summed E-state index contributed by atoms with van der Waals surface area (Å²) in [7, 11) is 0. The Morgan fingerprint density at radius 1 is 0.368 bits per heavy atom. The number of nitrogens with zero attached hydrogens (tertiary/aromatic N) is 1. The Balaban J connectivity index is 1.54. The summed E-state index contributed by atoms with van der Waals surface area (Å²) in [6.07, 6.45) is 0. The van der Waals surface area contributed by atoms with E-state index in [4.69, 9.17) is 0 Å². The first-order valence-corrected chi connectivity index (χ1v) is 13.1. The summed E-state index contributed by atoms with van der Waals surface area (Å²) in [5.41, 5.74) is 12.2. The van der Waals surface area contributed by atoms with Gasteiger partial charge in [0, 0.05) is 16.5 Å². The standard InChI is InChI=1S/C37H27N/c1-26-11-10-16-29(21-26)30-19-20-35-34-17-8-9-18-36(34)38(37(35)25-30)33-23-31(27-12-4-2-5-13-27)22-32(24-33)28-14-6-3-7-15-28/h2-25H,1H3. The van der Waals surface area contributed by atoms with Crippen LogP contribution >= 0.6 is 0 Å². The summed E-state index contributed by atoms with van der Waals surface area (Å²) in [6.45, 7) is 2.15. The van der Waals surface area contributed by atoms with Crippen molar-refractivity contribution in [1.29, 1.82) is 0 Å². The molecule has 0 unspecified atom stereocenters. The van der Waals surface area contributed by atoms with Crippen molar-refractivity contribution in [2.75, 3.05) is 0 Å². The second kappa shape index (κ2) is 9.21. The second-order valence-electron chi connectivity index (χ2n) is 9.95. The smallest absolute Gasteiger partial charge is 0.0547 e. The van der Waals surface area contributed by atoms with Crippen LogP contribution in [0.1, 0.15) is 5.56 Å². The van der Waals surface area contributed by atoms with Crippen LogP contribution < -0.4 is 0 Å². The zero-order valence-electron chi connectivity index (χ0n) is 21.3. The molecule has 1 heterocycles. The molecule has 180 valence electrons. The average Bonchev–Trinajstić information content (AvgIpc) is 3.31. The number of hydrogen-bond donors (Lipinski definition) is 0.